The van der Waals surface area contributed by atoms with Crippen LogP contribution in [0.4, 0.5) is 4.39 Å². The van der Waals surface area contributed by atoms with Crippen molar-refractivity contribution in [3.05, 3.63) is 29.8 Å². The van der Waals surface area contributed by atoms with Crippen molar-refractivity contribution in [3.63, 3.8) is 0 Å². The van der Waals surface area contributed by atoms with Gasteiger partial charge in [-0.15, -0.1) is 0 Å². The molecule has 1 heterocycles. The minimum Gasteiger partial charge on any atom is -0.334 e. The summed E-state index contributed by atoms with van der Waals surface area (Å²) in [7, 11) is 0. The lowest BCUT2D eigenvalue weighted by atomic mass is 9.78. The van der Waals surface area contributed by atoms with Crippen LogP contribution >= 0.6 is 0 Å². The van der Waals surface area contributed by atoms with Crippen LogP contribution in [0.15, 0.2) is 18.3 Å². The first-order valence-electron chi connectivity index (χ1n) is 5.00. The number of nitrogens with zero attached hydrogens (tertiary/aromatic N) is 2. The molecule has 1 aliphatic rings. The van der Waals surface area contributed by atoms with Gasteiger partial charge in [-0.2, -0.15) is 9.65 Å². The zero-order valence-electron chi connectivity index (χ0n) is 8.53. The smallest absolute Gasteiger partial charge is 0.252 e. The largest absolute Gasteiger partial charge is 0.334 e. The Balaban J connectivity index is 2.12. The zero-order chi connectivity index (χ0) is 11.6. The topological polar surface area (TPSA) is 65.8 Å². The summed E-state index contributed by atoms with van der Waals surface area (Å²) >= 11 is 0. The van der Waals surface area contributed by atoms with Gasteiger partial charge in [0.2, 0.25) is 5.95 Å². The van der Waals surface area contributed by atoms with Crippen LogP contribution in [0.1, 0.15) is 29.6 Å². The van der Waals surface area contributed by atoms with Crippen LogP contribution in [0.3, 0.4) is 0 Å². The summed E-state index contributed by atoms with van der Waals surface area (Å²) < 4.78 is 12.8. The molecule has 1 fully saturated rings. The van der Waals surface area contributed by atoms with Gasteiger partial charge in [0.1, 0.15) is 5.54 Å². The molecule has 5 heteroatoms. The first kappa shape index (κ1) is 10.6. The number of carbonyl (C=O) groups excluding carboxylic acids is 1. The summed E-state index contributed by atoms with van der Waals surface area (Å²) in [5.74, 6) is -1.13. The fourth-order valence-corrected chi connectivity index (χ4v) is 1.63. The van der Waals surface area contributed by atoms with Gasteiger partial charge in [-0.25, -0.2) is 4.98 Å². The third-order valence-corrected chi connectivity index (χ3v) is 2.76. The Kier molecular flexibility index (Phi) is 2.57. The molecule has 0 atom stereocenters. The van der Waals surface area contributed by atoms with Crippen LogP contribution in [-0.4, -0.2) is 16.4 Å². The highest BCUT2D eigenvalue weighted by Crippen LogP contribution is 2.31. The molecule has 2 rings (SSSR count). The van der Waals surface area contributed by atoms with E-state index in [0.29, 0.717) is 12.8 Å². The maximum absolute atomic E-state index is 12.8. The van der Waals surface area contributed by atoms with Crippen molar-refractivity contribution in [2.75, 3.05) is 0 Å². The Bertz CT molecular complexity index is 463. The molecule has 4 nitrogen and oxygen atoms in total. The molecule has 1 aliphatic carbocycles. The molecule has 1 amide bonds. The predicted molar refractivity (Wildman–Crippen MR) is 53.9 cm³/mol. The first-order valence-corrected chi connectivity index (χ1v) is 5.00. The fraction of sp³-hybridized carbons (Fsp3) is 0.364. The number of hydrogen-bond donors (Lipinski definition) is 1. The van der Waals surface area contributed by atoms with Gasteiger partial charge in [-0.3, -0.25) is 4.79 Å². The number of rotatable bonds is 2. The van der Waals surface area contributed by atoms with E-state index in [4.69, 9.17) is 5.26 Å². The van der Waals surface area contributed by atoms with Crippen molar-refractivity contribution in [2.45, 2.75) is 24.8 Å². The van der Waals surface area contributed by atoms with Gasteiger partial charge in [0.15, 0.2) is 0 Å². The lowest BCUT2D eigenvalue weighted by molar-refractivity contribution is 0.0881. The van der Waals surface area contributed by atoms with E-state index in [-0.39, 0.29) is 5.56 Å². The molecule has 0 aromatic carbocycles. The SMILES string of the molecule is N#CC1(NC(=O)c2ccnc(F)c2)CCC1. The minimum atomic E-state index is -0.753. The second-order valence-corrected chi connectivity index (χ2v) is 3.87. The molecule has 1 aromatic rings. The number of hydrogen-bond acceptors (Lipinski definition) is 3. The average molecular weight is 219 g/mol. The van der Waals surface area contributed by atoms with E-state index in [2.05, 4.69) is 16.4 Å². The number of nitrogens with one attached hydrogen (secondary N) is 1. The minimum absolute atomic E-state index is 0.189. The van der Waals surface area contributed by atoms with Gasteiger partial charge in [0.25, 0.3) is 5.91 Å². The van der Waals surface area contributed by atoms with Gasteiger partial charge >= 0.3 is 0 Å². The van der Waals surface area contributed by atoms with Crippen LogP contribution in [0.2, 0.25) is 0 Å². The number of nitriles is 1. The van der Waals surface area contributed by atoms with E-state index >= 15 is 0 Å². The van der Waals surface area contributed by atoms with Crippen LogP contribution in [0.25, 0.3) is 0 Å². The van der Waals surface area contributed by atoms with E-state index in [1.807, 2.05) is 0 Å². The summed E-state index contributed by atoms with van der Waals surface area (Å²) in [5, 5.41) is 11.6. The Labute approximate surface area is 92.1 Å². The highest BCUT2D eigenvalue weighted by molar-refractivity contribution is 5.94. The summed E-state index contributed by atoms with van der Waals surface area (Å²) in [5.41, 5.74) is -0.564. The second-order valence-electron chi connectivity index (χ2n) is 3.87. The monoisotopic (exact) mass is 219 g/mol. The Morgan fingerprint density at radius 3 is 2.88 bits per heavy atom. The maximum atomic E-state index is 12.8. The maximum Gasteiger partial charge on any atom is 0.252 e. The van der Waals surface area contributed by atoms with Crippen molar-refractivity contribution in [2.24, 2.45) is 0 Å². The Morgan fingerprint density at radius 1 is 1.62 bits per heavy atom. The molecule has 1 aromatic heterocycles. The van der Waals surface area contributed by atoms with Crippen LogP contribution in [0.5, 0.6) is 0 Å². The van der Waals surface area contributed by atoms with E-state index < -0.39 is 17.4 Å². The summed E-state index contributed by atoms with van der Waals surface area (Å²) in [4.78, 5) is 15.1. The number of aromatic nitrogens is 1. The van der Waals surface area contributed by atoms with Crippen LogP contribution in [0, 0.1) is 17.3 Å². The lowest BCUT2D eigenvalue weighted by Gasteiger charge is -2.35. The first-order chi connectivity index (χ1) is 7.65. The molecule has 0 bridgehead atoms. The zero-order valence-corrected chi connectivity index (χ0v) is 8.53. The lowest BCUT2D eigenvalue weighted by Crippen LogP contribution is -2.52. The van der Waals surface area contributed by atoms with Crippen molar-refractivity contribution < 1.29 is 9.18 Å². The van der Waals surface area contributed by atoms with E-state index in [0.717, 1.165) is 12.5 Å². The van der Waals surface area contributed by atoms with E-state index in [9.17, 15) is 9.18 Å². The van der Waals surface area contributed by atoms with Gasteiger partial charge < -0.3 is 5.32 Å². The van der Waals surface area contributed by atoms with Gasteiger partial charge in [-0.1, -0.05) is 0 Å². The normalized spacial score (nSPS) is 17.0. The van der Waals surface area contributed by atoms with Crippen molar-refractivity contribution in [1.29, 1.82) is 5.26 Å². The van der Waals surface area contributed by atoms with Crippen molar-refractivity contribution in [1.82, 2.24) is 10.3 Å². The third kappa shape index (κ3) is 1.87. The molecule has 0 radical (unpaired) electrons. The fourth-order valence-electron chi connectivity index (χ4n) is 1.63. The molecule has 1 N–H and O–H groups in total. The number of pyridine rings is 1. The Morgan fingerprint density at radius 2 is 2.38 bits per heavy atom. The summed E-state index contributed by atoms with van der Waals surface area (Å²) in [6, 6.07) is 4.56. The summed E-state index contributed by atoms with van der Waals surface area (Å²) in [6.45, 7) is 0. The molecule has 0 aliphatic heterocycles. The molecule has 16 heavy (non-hydrogen) atoms. The molecule has 82 valence electrons. The molecule has 0 unspecified atom stereocenters. The molecule has 0 spiro atoms. The second kappa shape index (κ2) is 3.89. The van der Waals surface area contributed by atoms with Crippen LogP contribution < -0.4 is 5.32 Å². The standard InChI is InChI=1S/C11H10FN3O/c12-9-6-8(2-5-14-9)10(16)15-11(7-13)3-1-4-11/h2,5-6H,1,3-4H2,(H,15,16). The number of amides is 1. The highest BCUT2D eigenvalue weighted by atomic mass is 19.1. The number of halogens is 1. The van der Waals surface area contributed by atoms with Crippen molar-refractivity contribution in [3.8, 4) is 6.07 Å². The quantitative estimate of drug-likeness (QED) is 0.764. The number of carbonyl (C=O) groups is 1. The Hall–Kier alpha value is -1.96. The molecule has 1 saturated carbocycles. The third-order valence-electron chi connectivity index (χ3n) is 2.76. The van der Waals surface area contributed by atoms with E-state index in [1.165, 1.54) is 12.3 Å². The average Bonchev–Trinajstić information content (AvgIpc) is 2.23. The molecular formula is C11H10FN3O. The summed E-state index contributed by atoms with van der Waals surface area (Å²) in [6.07, 6.45) is 3.47. The van der Waals surface area contributed by atoms with Gasteiger partial charge in [-0.05, 0) is 25.3 Å². The highest BCUT2D eigenvalue weighted by Gasteiger charge is 2.38. The van der Waals surface area contributed by atoms with Gasteiger partial charge in [0.05, 0.1) is 6.07 Å². The van der Waals surface area contributed by atoms with Crippen LogP contribution in [-0.2, 0) is 0 Å². The van der Waals surface area contributed by atoms with E-state index in [1.54, 1.807) is 0 Å². The predicted octanol–water partition coefficient (Wildman–Crippen LogP) is 1.40. The molecule has 0 saturated heterocycles. The van der Waals surface area contributed by atoms with Gasteiger partial charge in [0, 0.05) is 17.8 Å². The molecular weight excluding hydrogens is 209 g/mol. The van der Waals surface area contributed by atoms with Crippen molar-refractivity contribution >= 4 is 5.91 Å².